The molecule has 0 radical (unpaired) electrons. The minimum atomic E-state index is -0.452. The Morgan fingerprint density at radius 1 is 1.32 bits per heavy atom. The molecule has 19 heavy (non-hydrogen) atoms. The van der Waals surface area contributed by atoms with Gasteiger partial charge in [0, 0.05) is 19.0 Å². The van der Waals surface area contributed by atoms with Gasteiger partial charge < -0.3 is 5.11 Å². The van der Waals surface area contributed by atoms with Crippen LogP contribution in [-0.4, -0.2) is 41.5 Å². The third-order valence-corrected chi connectivity index (χ3v) is 4.44. The topological polar surface area (TPSA) is 40.5 Å². The van der Waals surface area contributed by atoms with Gasteiger partial charge in [0.05, 0.1) is 18.2 Å². The first kappa shape index (κ1) is 12.8. The molecule has 2 aliphatic rings. The normalized spacial score (nSPS) is 30.5. The zero-order valence-corrected chi connectivity index (χ0v) is 10.8. The number of rotatable bonds is 3. The van der Waals surface area contributed by atoms with Crippen LogP contribution in [-0.2, 0) is 0 Å². The summed E-state index contributed by atoms with van der Waals surface area (Å²) < 4.78 is 13.5. The van der Waals surface area contributed by atoms with Crippen LogP contribution < -0.4 is 0 Å². The number of benzene rings is 1. The summed E-state index contributed by atoms with van der Waals surface area (Å²) in [7, 11) is 0. The summed E-state index contributed by atoms with van der Waals surface area (Å²) in [5, 5.41) is 9.84. The fourth-order valence-corrected chi connectivity index (χ4v) is 3.43. The Labute approximate surface area is 112 Å². The first-order chi connectivity index (χ1) is 9.15. The smallest absolute Gasteiger partial charge is 0.179 e. The third-order valence-electron chi connectivity index (χ3n) is 4.44. The molecule has 102 valence electrons. The maximum absolute atomic E-state index is 13.5. The van der Waals surface area contributed by atoms with Crippen LogP contribution in [0.4, 0.5) is 4.39 Å². The fourth-order valence-electron chi connectivity index (χ4n) is 3.43. The SMILES string of the molecule is O=C(CN1CC2CCC(O)C2C1)c1ccccc1F. The number of carbonyl (C=O) groups is 1. The first-order valence-corrected chi connectivity index (χ1v) is 6.83. The number of Topliss-reactive ketones (excluding diaryl/α,β-unsaturated/α-hetero) is 1. The van der Waals surface area contributed by atoms with Crippen molar-refractivity contribution in [3.63, 3.8) is 0 Å². The van der Waals surface area contributed by atoms with Gasteiger partial charge in [-0.15, -0.1) is 0 Å². The van der Waals surface area contributed by atoms with Crippen molar-refractivity contribution in [3.8, 4) is 0 Å². The monoisotopic (exact) mass is 263 g/mol. The second-order valence-corrected chi connectivity index (χ2v) is 5.67. The molecule has 1 aromatic rings. The van der Waals surface area contributed by atoms with Crippen molar-refractivity contribution >= 4 is 5.78 Å². The lowest BCUT2D eigenvalue weighted by molar-refractivity contribution is 0.0916. The van der Waals surface area contributed by atoms with Gasteiger partial charge in [-0.05, 0) is 30.9 Å². The van der Waals surface area contributed by atoms with E-state index in [0.29, 0.717) is 11.8 Å². The number of fused-ring (bicyclic) bond motifs is 1. The quantitative estimate of drug-likeness (QED) is 0.844. The third kappa shape index (κ3) is 2.42. The summed E-state index contributed by atoms with van der Waals surface area (Å²) in [4.78, 5) is 14.1. The minimum absolute atomic E-state index is 0.167. The lowest BCUT2D eigenvalue weighted by Gasteiger charge is -2.17. The van der Waals surface area contributed by atoms with Crippen molar-refractivity contribution < 1.29 is 14.3 Å². The van der Waals surface area contributed by atoms with Crippen molar-refractivity contribution in [2.45, 2.75) is 18.9 Å². The van der Waals surface area contributed by atoms with E-state index >= 15 is 0 Å². The van der Waals surface area contributed by atoms with Crippen molar-refractivity contribution in [1.82, 2.24) is 4.90 Å². The van der Waals surface area contributed by atoms with Gasteiger partial charge in [0.25, 0.3) is 0 Å². The fraction of sp³-hybridized carbons (Fsp3) is 0.533. The molecule has 1 N–H and O–H groups in total. The Morgan fingerprint density at radius 2 is 2.11 bits per heavy atom. The molecule has 1 aliphatic heterocycles. The maximum atomic E-state index is 13.5. The summed E-state index contributed by atoms with van der Waals surface area (Å²) >= 11 is 0. The molecule has 0 aromatic heterocycles. The lowest BCUT2D eigenvalue weighted by Crippen LogP contribution is -2.30. The highest BCUT2D eigenvalue weighted by atomic mass is 19.1. The molecule has 3 nitrogen and oxygen atoms in total. The van der Waals surface area contributed by atoms with Crippen LogP contribution in [0.15, 0.2) is 24.3 Å². The maximum Gasteiger partial charge on any atom is 0.179 e. The molecule has 1 aromatic carbocycles. The number of carbonyl (C=O) groups excluding carboxylic acids is 1. The molecule has 3 atom stereocenters. The first-order valence-electron chi connectivity index (χ1n) is 6.83. The molecule has 3 rings (SSSR count). The van der Waals surface area contributed by atoms with E-state index in [0.717, 1.165) is 25.9 Å². The molecule has 1 aliphatic carbocycles. The zero-order chi connectivity index (χ0) is 13.4. The van der Waals surface area contributed by atoms with E-state index in [9.17, 15) is 14.3 Å². The predicted octanol–water partition coefficient (Wildman–Crippen LogP) is 1.71. The van der Waals surface area contributed by atoms with Gasteiger partial charge in [0.15, 0.2) is 5.78 Å². The van der Waals surface area contributed by atoms with Gasteiger partial charge >= 0.3 is 0 Å². The number of likely N-dealkylation sites (tertiary alicyclic amines) is 1. The Bertz CT molecular complexity index is 491. The van der Waals surface area contributed by atoms with E-state index in [1.807, 2.05) is 4.90 Å². The highest BCUT2D eigenvalue weighted by Crippen LogP contribution is 2.37. The largest absolute Gasteiger partial charge is 0.393 e. The van der Waals surface area contributed by atoms with Crippen molar-refractivity contribution in [2.75, 3.05) is 19.6 Å². The molecule has 3 unspecified atom stereocenters. The lowest BCUT2D eigenvalue weighted by atomic mass is 10.00. The molecule has 1 heterocycles. The highest BCUT2D eigenvalue weighted by Gasteiger charge is 2.42. The van der Waals surface area contributed by atoms with Gasteiger partial charge in [-0.25, -0.2) is 4.39 Å². The van der Waals surface area contributed by atoms with E-state index in [-0.39, 0.29) is 24.0 Å². The summed E-state index contributed by atoms with van der Waals surface area (Å²) in [6.45, 7) is 1.86. The predicted molar refractivity (Wildman–Crippen MR) is 69.4 cm³/mol. The van der Waals surface area contributed by atoms with Crippen LogP contribution in [0.25, 0.3) is 0 Å². The molecule has 1 saturated heterocycles. The van der Waals surface area contributed by atoms with E-state index < -0.39 is 5.82 Å². The van der Waals surface area contributed by atoms with Crippen LogP contribution in [0.2, 0.25) is 0 Å². The minimum Gasteiger partial charge on any atom is -0.393 e. The number of aliphatic hydroxyl groups is 1. The average Bonchev–Trinajstić information content (AvgIpc) is 2.92. The van der Waals surface area contributed by atoms with Gasteiger partial charge in [-0.2, -0.15) is 0 Å². The number of nitrogens with zero attached hydrogens (tertiary/aromatic N) is 1. The molecule has 0 bridgehead atoms. The number of ketones is 1. The van der Waals surface area contributed by atoms with Crippen LogP contribution >= 0.6 is 0 Å². The summed E-state index contributed by atoms with van der Waals surface area (Å²) in [6.07, 6.45) is 1.69. The summed E-state index contributed by atoms with van der Waals surface area (Å²) in [6, 6.07) is 6.11. The Balaban J connectivity index is 1.64. The summed E-state index contributed by atoms with van der Waals surface area (Å²) in [5.74, 6) is 0.177. The molecule has 0 amide bonds. The molecular weight excluding hydrogens is 245 g/mol. The van der Waals surface area contributed by atoms with Crippen molar-refractivity contribution in [1.29, 1.82) is 0 Å². The van der Waals surface area contributed by atoms with Gasteiger partial charge in [-0.1, -0.05) is 12.1 Å². The Hall–Kier alpha value is -1.26. The zero-order valence-electron chi connectivity index (χ0n) is 10.8. The van der Waals surface area contributed by atoms with Crippen molar-refractivity contribution in [3.05, 3.63) is 35.6 Å². The standard InChI is InChI=1S/C15H18FNO2/c16-13-4-2-1-3-11(13)15(19)9-17-7-10-5-6-14(18)12(10)8-17/h1-4,10,12,14,18H,5-9H2. The molecule has 0 spiro atoms. The van der Waals surface area contributed by atoms with E-state index in [4.69, 9.17) is 0 Å². The van der Waals surface area contributed by atoms with Gasteiger partial charge in [0.1, 0.15) is 5.82 Å². The summed E-state index contributed by atoms with van der Waals surface area (Å²) in [5.41, 5.74) is 0.167. The van der Waals surface area contributed by atoms with Crippen molar-refractivity contribution in [2.24, 2.45) is 11.8 Å². The molecular formula is C15H18FNO2. The number of aliphatic hydroxyl groups excluding tert-OH is 1. The second kappa shape index (κ2) is 5.02. The Kier molecular flexibility index (Phi) is 3.37. The number of halogens is 1. The molecule has 4 heteroatoms. The van der Waals surface area contributed by atoms with Crippen LogP contribution in [0.5, 0.6) is 0 Å². The second-order valence-electron chi connectivity index (χ2n) is 5.67. The van der Waals surface area contributed by atoms with E-state index in [1.54, 1.807) is 12.1 Å². The van der Waals surface area contributed by atoms with Crippen LogP contribution in [0, 0.1) is 17.7 Å². The van der Waals surface area contributed by atoms with E-state index in [1.165, 1.54) is 12.1 Å². The van der Waals surface area contributed by atoms with Crippen LogP contribution in [0.1, 0.15) is 23.2 Å². The van der Waals surface area contributed by atoms with Crippen LogP contribution in [0.3, 0.4) is 0 Å². The average molecular weight is 263 g/mol. The van der Waals surface area contributed by atoms with Gasteiger partial charge in [0.2, 0.25) is 0 Å². The number of hydrogen-bond donors (Lipinski definition) is 1. The van der Waals surface area contributed by atoms with E-state index in [2.05, 4.69) is 0 Å². The highest BCUT2D eigenvalue weighted by molar-refractivity contribution is 5.97. The number of hydrogen-bond acceptors (Lipinski definition) is 3. The Morgan fingerprint density at radius 3 is 2.84 bits per heavy atom. The molecule has 2 fully saturated rings. The molecule has 1 saturated carbocycles. The van der Waals surface area contributed by atoms with Gasteiger partial charge in [-0.3, -0.25) is 9.69 Å².